The molecule has 0 saturated heterocycles. The van der Waals surface area contributed by atoms with Crippen molar-refractivity contribution in [3.8, 4) is 0 Å². The van der Waals surface area contributed by atoms with E-state index in [1.54, 1.807) is 6.92 Å². The van der Waals surface area contributed by atoms with Crippen LogP contribution in [-0.2, 0) is 10.9 Å². The second kappa shape index (κ2) is 7.12. The van der Waals surface area contributed by atoms with Crippen molar-refractivity contribution >= 4 is 17.7 Å². The summed E-state index contributed by atoms with van der Waals surface area (Å²) in [6, 6.07) is 6.50. The summed E-state index contributed by atoms with van der Waals surface area (Å²) in [5, 5.41) is 2.41. The predicted molar refractivity (Wildman–Crippen MR) is 79.6 cm³/mol. The van der Waals surface area contributed by atoms with Crippen LogP contribution in [-0.4, -0.2) is 23.5 Å². The summed E-state index contributed by atoms with van der Waals surface area (Å²) in [6.07, 6.45) is -3.15. The lowest BCUT2D eigenvalue weighted by Gasteiger charge is -2.08. The van der Waals surface area contributed by atoms with E-state index < -0.39 is 23.6 Å². The molecule has 1 N–H and O–H groups in total. The van der Waals surface area contributed by atoms with E-state index in [9.17, 15) is 22.8 Å². The molecule has 0 aliphatic rings. The summed E-state index contributed by atoms with van der Waals surface area (Å²) in [6.45, 7) is 1.86. The molecule has 1 heterocycles. The van der Waals surface area contributed by atoms with E-state index in [2.05, 4.69) is 10.3 Å². The van der Waals surface area contributed by atoms with Crippen molar-refractivity contribution in [1.82, 2.24) is 4.98 Å². The van der Waals surface area contributed by atoms with Crippen LogP contribution >= 0.6 is 0 Å². The molecule has 0 aliphatic carbocycles. The molecule has 2 aromatic rings. The molecule has 1 amide bonds. The van der Waals surface area contributed by atoms with Gasteiger partial charge in [0.25, 0.3) is 5.91 Å². The van der Waals surface area contributed by atoms with Gasteiger partial charge in [-0.3, -0.25) is 4.79 Å². The number of ether oxygens (including phenoxy) is 1. The highest BCUT2D eigenvalue weighted by molar-refractivity contribution is 6.04. The van der Waals surface area contributed by atoms with E-state index in [1.165, 1.54) is 18.3 Å². The van der Waals surface area contributed by atoms with Crippen molar-refractivity contribution < 1.29 is 27.5 Å². The van der Waals surface area contributed by atoms with Gasteiger partial charge in [-0.2, -0.15) is 13.2 Å². The van der Waals surface area contributed by atoms with Gasteiger partial charge in [-0.05, 0) is 43.3 Å². The van der Waals surface area contributed by atoms with Crippen molar-refractivity contribution in [3.63, 3.8) is 0 Å². The molecule has 1 aromatic carbocycles. The Labute approximate surface area is 135 Å². The number of alkyl halides is 3. The van der Waals surface area contributed by atoms with Crippen molar-refractivity contribution in [1.29, 1.82) is 0 Å². The van der Waals surface area contributed by atoms with Gasteiger partial charge in [-0.15, -0.1) is 0 Å². The van der Waals surface area contributed by atoms with Crippen LogP contribution in [0.5, 0.6) is 0 Å². The Kier molecular flexibility index (Phi) is 5.18. The van der Waals surface area contributed by atoms with Gasteiger partial charge in [0.15, 0.2) is 0 Å². The minimum Gasteiger partial charge on any atom is -0.462 e. The number of benzene rings is 1. The van der Waals surface area contributed by atoms with Crippen molar-refractivity contribution in [2.24, 2.45) is 0 Å². The highest BCUT2D eigenvalue weighted by Crippen LogP contribution is 2.29. The number of amides is 1. The van der Waals surface area contributed by atoms with E-state index in [4.69, 9.17) is 4.74 Å². The average Bonchev–Trinajstić information content (AvgIpc) is 2.54. The summed E-state index contributed by atoms with van der Waals surface area (Å²) in [5.41, 5.74) is -0.609. The van der Waals surface area contributed by atoms with E-state index in [0.29, 0.717) is 0 Å². The van der Waals surface area contributed by atoms with Crippen LogP contribution in [0, 0.1) is 0 Å². The van der Waals surface area contributed by atoms with Crippen LogP contribution in [0.25, 0.3) is 0 Å². The largest absolute Gasteiger partial charge is 0.462 e. The second-order valence-corrected chi connectivity index (χ2v) is 4.68. The summed E-state index contributed by atoms with van der Waals surface area (Å²) >= 11 is 0. The van der Waals surface area contributed by atoms with Crippen molar-refractivity contribution in [2.45, 2.75) is 13.1 Å². The summed E-state index contributed by atoms with van der Waals surface area (Å²) in [4.78, 5) is 27.5. The van der Waals surface area contributed by atoms with E-state index >= 15 is 0 Å². The van der Waals surface area contributed by atoms with Gasteiger partial charge in [0.05, 0.1) is 17.7 Å². The molecule has 0 bridgehead atoms. The number of anilines is 1. The summed E-state index contributed by atoms with van der Waals surface area (Å²) < 4.78 is 42.3. The number of hydrogen-bond donors (Lipinski definition) is 1. The molecule has 0 unspecified atom stereocenters. The number of nitrogens with one attached hydrogen (secondary N) is 1. The highest BCUT2D eigenvalue weighted by Gasteiger charge is 2.30. The molecule has 2 rings (SSSR count). The van der Waals surface area contributed by atoms with Crippen molar-refractivity contribution in [3.05, 3.63) is 59.3 Å². The Hall–Kier alpha value is -2.90. The molecule has 126 valence electrons. The first-order valence-corrected chi connectivity index (χ1v) is 6.93. The summed E-state index contributed by atoms with van der Waals surface area (Å²) in [7, 11) is 0. The summed E-state index contributed by atoms with van der Waals surface area (Å²) in [5.74, 6) is -1.12. The maximum atomic E-state index is 12.5. The Morgan fingerprint density at radius 1 is 1.12 bits per heavy atom. The highest BCUT2D eigenvalue weighted by atomic mass is 19.4. The monoisotopic (exact) mass is 338 g/mol. The predicted octanol–water partition coefficient (Wildman–Crippen LogP) is 3.53. The molecule has 24 heavy (non-hydrogen) atoms. The zero-order valence-electron chi connectivity index (χ0n) is 12.6. The second-order valence-electron chi connectivity index (χ2n) is 4.68. The minimum absolute atomic E-state index is 0.0336. The smallest absolute Gasteiger partial charge is 0.416 e. The van der Waals surface area contributed by atoms with Crippen LogP contribution in [0.15, 0.2) is 42.6 Å². The normalized spacial score (nSPS) is 11.0. The molecule has 1 aromatic heterocycles. The number of pyridine rings is 1. The molecular weight excluding hydrogens is 325 g/mol. The minimum atomic E-state index is -4.47. The third-order valence-electron chi connectivity index (χ3n) is 2.99. The number of halogens is 3. The van der Waals surface area contributed by atoms with Crippen LogP contribution in [0.2, 0.25) is 0 Å². The first-order valence-electron chi connectivity index (χ1n) is 6.93. The van der Waals surface area contributed by atoms with Gasteiger partial charge in [-0.25, -0.2) is 9.78 Å². The molecule has 5 nitrogen and oxygen atoms in total. The molecule has 0 fully saturated rings. The van der Waals surface area contributed by atoms with E-state index in [1.807, 2.05) is 0 Å². The lowest BCUT2D eigenvalue weighted by molar-refractivity contribution is -0.137. The number of nitrogens with zero attached hydrogens (tertiary/aromatic N) is 1. The Bertz CT molecular complexity index is 743. The third-order valence-corrected chi connectivity index (χ3v) is 2.99. The number of carbonyl (C=O) groups is 2. The number of aromatic nitrogens is 1. The van der Waals surface area contributed by atoms with E-state index in [-0.39, 0.29) is 23.6 Å². The van der Waals surface area contributed by atoms with Crippen molar-refractivity contribution in [2.75, 3.05) is 11.9 Å². The van der Waals surface area contributed by atoms with Crippen LogP contribution in [0.4, 0.5) is 19.0 Å². The van der Waals surface area contributed by atoms with Gasteiger partial charge >= 0.3 is 12.1 Å². The topological polar surface area (TPSA) is 68.3 Å². The SMILES string of the molecule is CCOC(=O)c1ccnc(NC(=O)c2ccc(C(F)(F)F)cc2)c1. The Balaban J connectivity index is 2.12. The molecule has 0 atom stereocenters. The number of rotatable bonds is 4. The zero-order chi connectivity index (χ0) is 17.7. The molecule has 0 saturated carbocycles. The standard InChI is InChI=1S/C16H13F3N2O3/c1-2-24-15(23)11-7-8-20-13(9-11)21-14(22)10-3-5-12(6-4-10)16(17,18)19/h3-9H,2H2,1H3,(H,20,21,22). The van der Waals surface area contributed by atoms with Crippen LogP contribution < -0.4 is 5.32 Å². The van der Waals surface area contributed by atoms with E-state index in [0.717, 1.165) is 24.3 Å². The van der Waals surface area contributed by atoms with Gasteiger partial charge in [0.1, 0.15) is 5.82 Å². The van der Waals surface area contributed by atoms with Gasteiger partial charge in [-0.1, -0.05) is 0 Å². The fraction of sp³-hybridized carbons (Fsp3) is 0.188. The quantitative estimate of drug-likeness (QED) is 0.866. The lowest BCUT2D eigenvalue weighted by Crippen LogP contribution is -2.14. The zero-order valence-corrected chi connectivity index (χ0v) is 12.6. The van der Waals surface area contributed by atoms with Gasteiger partial charge in [0.2, 0.25) is 0 Å². The first-order chi connectivity index (χ1) is 11.3. The van der Waals surface area contributed by atoms with Crippen LogP contribution in [0.1, 0.15) is 33.2 Å². The van der Waals surface area contributed by atoms with Gasteiger partial charge < -0.3 is 10.1 Å². The maximum Gasteiger partial charge on any atom is 0.416 e. The first kappa shape index (κ1) is 17.5. The molecular formula is C16H13F3N2O3. The molecule has 0 radical (unpaired) electrons. The Morgan fingerprint density at radius 3 is 2.38 bits per heavy atom. The maximum absolute atomic E-state index is 12.5. The number of carbonyl (C=O) groups excluding carboxylic acids is 2. The fourth-order valence-corrected chi connectivity index (χ4v) is 1.84. The number of hydrogen-bond acceptors (Lipinski definition) is 4. The average molecular weight is 338 g/mol. The Morgan fingerprint density at radius 2 is 1.79 bits per heavy atom. The lowest BCUT2D eigenvalue weighted by atomic mass is 10.1. The molecule has 0 aliphatic heterocycles. The molecule has 8 heteroatoms. The third kappa shape index (κ3) is 4.31. The van der Waals surface area contributed by atoms with Gasteiger partial charge in [0, 0.05) is 11.8 Å². The molecule has 0 spiro atoms. The fourth-order valence-electron chi connectivity index (χ4n) is 1.84. The van der Waals surface area contributed by atoms with Crippen LogP contribution in [0.3, 0.4) is 0 Å². The number of esters is 1.